The zero-order valence-electron chi connectivity index (χ0n) is 11.6. The Balaban J connectivity index is 2.16. The molecule has 1 heterocycles. The van der Waals surface area contributed by atoms with Gasteiger partial charge >= 0.3 is 0 Å². The van der Waals surface area contributed by atoms with Gasteiger partial charge in [0.1, 0.15) is 11.5 Å². The van der Waals surface area contributed by atoms with Gasteiger partial charge < -0.3 is 10.5 Å². The normalized spacial score (nSPS) is 10.8. The molecule has 3 nitrogen and oxygen atoms in total. The number of aryl methyl sites for hydroxylation is 1. The lowest BCUT2D eigenvalue weighted by Crippen LogP contribution is -2.01. The summed E-state index contributed by atoms with van der Waals surface area (Å²) in [6.07, 6.45) is 1.78. The molecular weight excluding hydrogens is 328 g/mol. The molecule has 0 unspecified atom stereocenters. The van der Waals surface area contributed by atoms with Crippen LogP contribution in [0.5, 0.6) is 11.5 Å². The van der Waals surface area contributed by atoms with E-state index in [9.17, 15) is 0 Å². The van der Waals surface area contributed by atoms with Gasteiger partial charge in [-0.15, -0.1) is 0 Å². The Kier molecular flexibility index (Phi) is 3.90. The van der Waals surface area contributed by atoms with Crippen LogP contribution in [0.2, 0.25) is 0 Å². The molecule has 0 fully saturated rings. The summed E-state index contributed by atoms with van der Waals surface area (Å²) >= 11 is 3.48. The maximum atomic E-state index is 6.18. The zero-order valence-corrected chi connectivity index (χ0v) is 13.2. The van der Waals surface area contributed by atoms with E-state index in [1.54, 1.807) is 6.20 Å². The third-order valence-electron chi connectivity index (χ3n) is 3.38. The van der Waals surface area contributed by atoms with Crippen LogP contribution >= 0.6 is 15.9 Å². The smallest absolute Gasteiger partial charge is 0.142 e. The van der Waals surface area contributed by atoms with Crippen LogP contribution in [0.1, 0.15) is 11.1 Å². The fourth-order valence-electron chi connectivity index (χ4n) is 2.22. The van der Waals surface area contributed by atoms with Crippen molar-refractivity contribution in [1.82, 2.24) is 4.98 Å². The Morgan fingerprint density at radius 1 is 1.19 bits per heavy atom. The first-order valence-corrected chi connectivity index (χ1v) is 7.49. The van der Waals surface area contributed by atoms with E-state index < -0.39 is 0 Å². The third kappa shape index (κ3) is 2.77. The molecule has 3 rings (SSSR count). The Bertz CT molecular complexity index is 802. The average Bonchev–Trinajstić information content (AvgIpc) is 2.51. The van der Waals surface area contributed by atoms with Crippen molar-refractivity contribution in [3.05, 3.63) is 64.3 Å². The SMILES string of the molecule is Cc1ccc(Br)cc1Oc1c(CN)cnc2ccccc12. The van der Waals surface area contributed by atoms with E-state index in [1.807, 2.05) is 49.4 Å². The number of hydrogen-bond acceptors (Lipinski definition) is 3. The first-order valence-electron chi connectivity index (χ1n) is 6.69. The minimum Gasteiger partial charge on any atom is -0.456 e. The van der Waals surface area contributed by atoms with E-state index in [4.69, 9.17) is 10.5 Å². The lowest BCUT2D eigenvalue weighted by atomic mass is 10.1. The monoisotopic (exact) mass is 342 g/mol. The maximum absolute atomic E-state index is 6.18. The van der Waals surface area contributed by atoms with Gasteiger partial charge in [-0.2, -0.15) is 0 Å². The highest BCUT2D eigenvalue weighted by Gasteiger charge is 2.11. The van der Waals surface area contributed by atoms with Gasteiger partial charge in [0, 0.05) is 28.2 Å². The Morgan fingerprint density at radius 2 is 2.00 bits per heavy atom. The van der Waals surface area contributed by atoms with Crippen molar-refractivity contribution in [2.75, 3.05) is 0 Å². The van der Waals surface area contributed by atoms with Crippen LogP contribution in [-0.2, 0) is 6.54 Å². The quantitative estimate of drug-likeness (QED) is 0.759. The molecule has 2 N–H and O–H groups in total. The number of benzene rings is 2. The summed E-state index contributed by atoms with van der Waals surface area (Å²) < 4.78 is 7.16. The van der Waals surface area contributed by atoms with Crippen molar-refractivity contribution in [2.24, 2.45) is 5.73 Å². The Hall–Kier alpha value is -1.91. The van der Waals surface area contributed by atoms with Crippen molar-refractivity contribution >= 4 is 26.8 Å². The minimum absolute atomic E-state index is 0.389. The molecule has 0 aliphatic carbocycles. The highest BCUT2D eigenvalue weighted by Crippen LogP contribution is 2.34. The van der Waals surface area contributed by atoms with Crippen LogP contribution in [0, 0.1) is 6.92 Å². The summed E-state index contributed by atoms with van der Waals surface area (Å²) in [5.41, 5.74) is 8.70. The maximum Gasteiger partial charge on any atom is 0.142 e. The molecule has 0 saturated heterocycles. The van der Waals surface area contributed by atoms with Crippen molar-refractivity contribution < 1.29 is 4.74 Å². The van der Waals surface area contributed by atoms with Gasteiger partial charge in [0.2, 0.25) is 0 Å². The molecule has 0 aliphatic rings. The number of halogens is 1. The fourth-order valence-corrected chi connectivity index (χ4v) is 2.56. The van der Waals surface area contributed by atoms with Crippen LogP contribution in [0.4, 0.5) is 0 Å². The van der Waals surface area contributed by atoms with E-state index in [0.29, 0.717) is 6.54 Å². The molecule has 4 heteroatoms. The second kappa shape index (κ2) is 5.84. The second-order valence-electron chi connectivity index (χ2n) is 4.85. The highest BCUT2D eigenvalue weighted by molar-refractivity contribution is 9.10. The van der Waals surface area contributed by atoms with E-state index in [-0.39, 0.29) is 0 Å². The topological polar surface area (TPSA) is 48.1 Å². The number of nitrogens with zero attached hydrogens (tertiary/aromatic N) is 1. The number of fused-ring (bicyclic) bond motifs is 1. The fraction of sp³-hybridized carbons (Fsp3) is 0.118. The highest BCUT2D eigenvalue weighted by atomic mass is 79.9. The van der Waals surface area contributed by atoms with Crippen molar-refractivity contribution in [3.8, 4) is 11.5 Å². The van der Waals surface area contributed by atoms with Gasteiger partial charge in [-0.05, 0) is 36.8 Å². The van der Waals surface area contributed by atoms with Crippen LogP contribution in [0.3, 0.4) is 0 Å². The number of pyridine rings is 1. The van der Waals surface area contributed by atoms with Crippen LogP contribution in [-0.4, -0.2) is 4.98 Å². The number of rotatable bonds is 3. The summed E-state index contributed by atoms with van der Waals surface area (Å²) in [4.78, 5) is 4.42. The molecule has 0 atom stereocenters. The molecule has 0 spiro atoms. The standard InChI is InChI=1S/C17H15BrN2O/c1-11-6-7-13(18)8-16(11)21-17-12(9-19)10-20-15-5-3-2-4-14(15)17/h2-8,10H,9,19H2,1H3. The first kappa shape index (κ1) is 14.0. The van der Waals surface area contributed by atoms with E-state index in [1.165, 1.54) is 0 Å². The third-order valence-corrected chi connectivity index (χ3v) is 3.88. The lowest BCUT2D eigenvalue weighted by molar-refractivity contribution is 0.477. The van der Waals surface area contributed by atoms with Crippen molar-refractivity contribution in [1.29, 1.82) is 0 Å². The molecule has 1 aromatic heterocycles. The Morgan fingerprint density at radius 3 is 2.81 bits per heavy atom. The van der Waals surface area contributed by atoms with Gasteiger partial charge in [-0.3, -0.25) is 4.98 Å². The lowest BCUT2D eigenvalue weighted by Gasteiger charge is -2.14. The van der Waals surface area contributed by atoms with Gasteiger partial charge in [0.05, 0.1) is 5.52 Å². The van der Waals surface area contributed by atoms with E-state index >= 15 is 0 Å². The van der Waals surface area contributed by atoms with E-state index in [0.717, 1.165) is 38.0 Å². The molecule has 0 bridgehead atoms. The molecule has 0 amide bonds. The number of nitrogens with two attached hydrogens (primary N) is 1. The molecule has 2 aromatic carbocycles. The number of hydrogen-bond donors (Lipinski definition) is 1. The van der Waals surface area contributed by atoms with Crippen LogP contribution in [0.15, 0.2) is 53.1 Å². The summed E-state index contributed by atoms with van der Waals surface area (Å²) in [5.74, 6) is 1.60. The largest absolute Gasteiger partial charge is 0.456 e. The molecule has 21 heavy (non-hydrogen) atoms. The van der Waals surface area contributed by atoms with Crippen LogP contribution < -0.4 is 10.5 Å². The molecule has 106 valence electrons. The Labute approximate surface area is 131 Å². The summed E-state index contributed by atoms with van der Waals surface area (Å²) in [5, 5.41) is 0.972. The summed E-state index contributed by atoms with van der Waals surface area (Å²) in [6, 6.07) is 13.9. The summed E-state index contributed by atoms with van der Waals surface area (Å²) in [6.45, 7) is 2.41. The van der Waals surface area contributed by atoms with Crippen molar-refractivity contribution in [2.45, 2.75) is 13.5 Å². The molecule has 3 aromatic rings. The van der Waals surface area contributed by atoms with Gasteiger partial charge in [-0.25, -0.2) is 0 Å². The van der Waals surface area contributed by atoms with Gasteiger partial charge in [-0.1, -0.05) is 34.1 Å². The van der Waals surface area contributed by atoms with Crippen LogP contribution in [0.25, 0.3) is 10.9 Å². The van der Waals surface area contributed by atoms with Gasteiger partial charge in [0.15, 0.2) is 0 Å². The van der Waals surface area contributed by atoms with E-state index in [2.05, 4.69) is 20.9 Å². The number of aromatic nitrogens is 1. The average molecular weight is 343 g/mol. The number of para-hydroxylation sites is 1. The predicted molar refractivity (Wildman–Crippen MR) is 88.6 cm³/mol. The first-order chi connectivity index (χ1) is 10.2. The molecular formula is C17H15BrN2O. The zero-order chi connectivity index (χ0) is 14.8. The van der Waals surface area contributed by atoms with Gasteiger partial charge in [0.25, 0.3) is 0 Å². The molecule has 0 radical (unpaired) electrons. The minimum atomic E-state index is 0.389. The predicted octanol–water partition coefficient (Wildman–Crippen LogP) is 4.56. The number of ether oxygens (including phenoxy) is 1. The second-order valence-corrected chi connectivity index (χ2v) is 5.76. The van der Waals surface area contributed by atoms with Crippen molar-refractivity contribution in [3.63, 3.8) is 0 Å². The molecule has 0 aliphatic heterocycles. The molecule has 0 saturated carbocycles. The summed E-state index contributed by atoms with van der Waals surface area (Å²) in [7, 11) is 0.